The Kier molecular flexibility index (Phi) is 5.46. The van der Waals surface area contributed by atoms with Gasteiger partial charge in [0.1, 0.15) is 0 Å². The fraction of sp³-hybridized carbons (Fsp3) is 1.00. The van der Waals surface area contributed by atoms with E-state index in [4.69, 9.17) is 10.2 Å². The number of aliphatic hydroxyl groups excluding tert-OH is 2. The molecule has 0 bridgehead atoms. The van der Waals surface area contributed by atoms with E-state index in [0.717, 1.165) is 13.0 Å². The average Bonchev–Trinajstić information content (AvgIpc) is 2.02. The fourth-order valence-electron chi connectivity index (χ4n) is 0.802. The van der Waals surface area contributed by atoms with Gasteiger partial charge in [-0.25, -0.2) is 0 Å². The van der Waals surface area contributed by atoms with Crippen molar-refractivity contribution < 1.29 is 10.2 Å². The average molecular weight is 175 g/mol. The summed E-state index contributed by atoms with van der Waals surface area (Å²) in [6.07, 6.45) is 0.765. The molecule has 3 nitrogen and oxygen atoms in total. The molecule has 0 aromatic rings. The first-order valence-electron chi connectivity index (χ1n) is 4.47. The van der Waals surface area contributed by atoms with Gasteiger partial charge in [0.2, 0.25) is 0 Å². The van der Waals surface area contributed by atoms with Gasteiger partial charge < -0.3 is 15.5 Å². The first-order valence-corrected chi connectivity index (χ1v) is 4.47. The van der Waals surface area contributed by atoms with E-state index in [9.17, 15) is 0 Å². The Hall–Kier alpha value is -0.120. The number of nitrogens with one attached hydrogen (secondary N) is 1. The lowest BCUT2D eigenvalue weighted by molar-refractivity contribution is 0.151. The topological polar surface area (TPSA) is 52.5 Å². The van der Waals surface area contributed by atoms with Gasteiger partial charge in [-0.15, -0.1) is 0 Å². The van der Waals surface area contributed by atoms with Gasteiger partial charge in [-0.05, 0) is 13.3 Å². The molecule has 0 saturated carbocycles. The highest BCUT2D eigenvalue weighted by molar-refractivity contribution is 4.72. The normalized spacial score (nSPS) is 14.8. The van der Waals surface area contributed by atoms with Gasteiger partial charge in [0, 0.05) is 31.2 Å². The van der Waals surface area contributed by atoms with E-state index in [-0.39, 0.29) is 18.6 Å². The third-order valence-corrected chi connectivity index (χ3v) is 1.92. The third kappa shape index (κ3) is 5.52. The predicted octanol–water partition coefficient (Wildman–Crippen LogP) is 0.365. The zero-order chi connectivity index (χ0) is 9.61. The lowest BCUT2D eigenvalue weighted by Gasteiger charge is -2.24. The zero-order valence-electron chi connectivity index (χ0n) is 8.30. The Morgan fingerprint density at radius 1 is 1.33 bits per heavy atom. The smallest absolute Gasteiger partial charge is 0.0494 e. The summed E-state index contributed by atoms with van der Waals surface area (Å²) < 4.78 is 0. The molecule has 3 N–H and O–H groups in total. The van der Waals surface area contributed by atoms with Gasteiger partial charge in [0.05, 0.1) is 0 Å². The molecule has 0 heterocycles. The van der Waals surface area contributed by atoms with E-state index in [0.29, 0.717) is 6.04 Å². The van der Waals surface area contributed by atoms with Crippen molar-refractivity contribution in [2.75, 3.05) is 19.8 Å². The van der Waals surface area contributed by atoms with Crippen LogP contribution in [-0.2, 0) is 0 Å². The molecule has 0 fully saturated rings. The van der Waals surface area contributed by atoms with Gasteiger partial charge in [-0.1, -0.05) is 13.8 Å². The van der Waals surface area contributed by atoms with Crippen LogP contribution in [0.4, 0.5) is 0 Å². The molecule has 3 heteroatoms. The van der Waals surface area contributed by atoms with Crippen LogP contribution in [0.3, 0.4) is 0 Å². The molecule has 0 amide bonds. The highest BCUT2D eigenvalue weighted by Crippen LogP contribution is 2.11. The van der Waals surface area contributed by atoms with Crippen LogP contribution in [0.5, 0.6) is 0 Å². The highest BCUT2D eigenvalue weighted by Gasteiger charge is 2.16. The summed E-state index contributed by atoms with van der Waals surface area (Å²) in [5.41, 5.74) is -0.0658. The quantitative estimate of drug-likeness (QED) is 0.546. The lowest BCUT2D eigenvalue weighted by atomic mass is 9.94. The Balaban J connectivity index is 3.52. The molecule has 0 aromatic carbocycles. The number of hydrogen-bond acceptors (Lipinski definition) is 3. The molecule has 74 valence electrons. The van der Waals surface area contributed by atoms with Crippen LogP contribution in [0, 0.1) is 5.41 Å². The maximum Gasteiger partial charge on any atom is 0.0494 e. The molecule has 0 aliphatic heterocycles. The monoisotopic (exact) mass is 175 g/mol. The molecule has 0 rings (SSSR count). The maximum absolute atomic E-state index is 8.95. The Morgan fingerprint density at radius 3 is 2.33 bits per heavy atom. The summed E-state index contributed by atoms with van der Waals surface area (Å²) >= 11 is 0. The molecular formula is C9H21NO2. The molecule has 1 unspecified atom stereocenters. The maximum atomic E-state index is 8.95. The fourth-order valence-corrected chi connectivity index (χ4v) is 0.802. The van der Waals surface area contributed by atoms with Crippen molar-refractivity contribution in [1.29, 1.82) is 0 Å². The van der Waals surface area contributed by atoms with Crippen LogP contribution >= 0.6 is 0 Å². The van der Waals surface area contributed by atoms with Crippen LogP contribution in [0.1, 0.15) is 27.2 Å². The van der Waals surface area contributed by atoms with E-state index in [2.05, 4.69) is 5.32 Å². The van der Waals surface area contributed by atoms with Gasteiger partial charge in [0.25, 0.3) is 0 Å². The minimum atomic E-state index is -0.0658. The van der Waals surface area contributed by atoms with E-state index in [1.54, 1.807) is 0 Å². The van der Waals surface area contributed by atoms with E-state index in [1.165, 1.54) is 0 Å². The van der Waals surface area contributed by atoms with E-state index < -0.39 is 0 Å². The first-order chi connectivity index (χ1) is 5.52. The van der Waals surface area contributed by atoms with Crippen molar-refractivity contribution in [3.05, 3.63) is 0 Å². The van der Waals surface area contributed by atoms with Crippen LogP contribution in [0.15, 0.2) is 0 Å². The third-order valence-electron chi connectivity index (χ3n) is 1.92. The summed E-state index contributed by atoms with van der Waals surface area (Å²) in [7, 11) is 0. The van der Waals surface area contributed by atoms with Crippen LogP contribution in [-0.4, -0.2) is 36.0 Å². The Bertz CT molecular complexity index is 115. The molecular weight excluding hydrogens is 154 g/mol. The molecule has 1 atom stereocenters. The standard InChI is InChI=1S/C9H21NO2/c1-8(4-5-11)10-6-9(2,3)7-12/h8,10-12H,4-7H2,1-3H3. The van der Waals surface area contributed by atoms with Crippen LogP contribution in [0.2, 0.25) is 0 Å². The van der Waals surface area contributed by atoms with Crippen molar-refractivity contribution in [3.63, 3.8) is 0 Å². The van der Waals surface area contributed by atoms with Crippen molar-refractivity contribution in [1.82, 2.24) is 5.32 Å². The summed E-state index contributed by atoms with van der Waals surface area (Å²) in [5.74, 6) is 0. The lowest BCUT2D eigenvalue weighted by Crippen LogP contribution is -2.37. The molecule has 0 spiro atoms. The van der Waals surface area contributed by atoms with Crippen molar-refractivity contribution in [3.8, 4) is 0 Å². The summed E-state index contributed by atoms with van der Waals surface area (Å²) in [5, 5.41) is 20.8. The molecule has 0 aliphatic carbocycles. The van der Waals surface area contributed by atoms with Crippen molar-refractivity contribution in [2.45, 2.75) is 33.2 Å². The molecule has 0 aliphatic rings. The number of aliphatic hydroxyl groups is 2. The van der Waals surface area contributed by atoms with Gasteiger partial charge >= 0.3 is 0 Å². The molecule has 0 aromatic heterocycles. The summed E-state index contributed by atoms with van der Waals surface area (Å²) in [4.78, 5) is 0. The van der Waals surface area contributed by atoms with Gasteiger partial charge in [-0.2, -0.15) is 0 Å². The summed E-state index contributed by atoms with van der Waals surface area (Å²) in [6, 6.07) is 0.320. The molecule has 12 heavy (non-hydrogen) atoms. The second-order valence-corrected chi connectivity index (χ2v) is 4.12. The van der Waals surface area contributed by atoms with E-state index in [1.807, 2.05) is 20.8 Å². The Morgan fingerprint density at radius 2 is 1.92 bits per heavy atom. The van der Waals surface area contributed by atoms with E-state index >= 15 is 0 Å². The first kappa shape index (κ1) is 11.9. The molecule has 0 radical (unpaired) electrons. The second-order valence-electron chi connectivity index (χ2n) is 4.12. The minimum absolute atomic E-state index is 0.0658. The number of rotatable bonds is 6. The second kappa shape index (κ2) is 5.51. The van der Waals surface area contributed by atoms with Crippen LogP contribution < -0.4 is 5.32 Å². The minimum Gasteiger partial charge on any atom is -0.396 e. The zero-order valence-corrected chi connectivity index (χ0v) is 8.30. The molecule has 0 saturated heterocycles. The highest BCUT2D eigenvalue weighted by atomic mass is 16.3. The number of hydrogen-bond donors (Lipinski definition) is 3. The van der Waals surface area contributed by atoms with Crippen molar-refractivity contribution >= 4 is 0 Å². The predicted molar refractivity (Wildman–Crippen MR) is 50.0 cm³/mol. The van der Waals surface area contributed by atoms with Crippen LogP contribution in [0.25, 0.3) is 0 Å². The van der Waals surface area contributed by atoms with Crippen molar-refractivity contribution in [2.24, 2.45) is 5.41 Å². The van der Waals surface area contributed by atoms with Gasteiger partial charge in [0.15, 0.2) is 0 Å². The Labute approximate surface area is 74.8 Å². The van der Waals surface area contributed by atoms with Gasteiger partial charge in [-0.3, -0.25) is 0 Å². The summed E-state index contributed by atoms with van der Waals surface area (Å²) in [6.45, 7) is 7.23. The largest absolute Gasteiger partial charge is 0.396 e. The SMILES string of the molecule is CC(CCO)NCC(C)(C)CO.